The molecule has 1 nitrogen and oxygen atoms in total. The number of rotatable bonds is 5. The highest BCUT2D eigenvalue weighted by molar-refractivity contribution is 7.10. The van der Waals surface area contributed by atoms with Crippen LogP contribution in [0.15, 0.2) is 29.6 Å². The van der Waals surface area contributed by atoms with Gasteiger partial charge in [-0.2, -0.15) is 0 Å². The number of halogens is 2. The van der Waals surface area contributed by atoms with Crippen molar-refractivity contribution in [3.63, 3.8) is 0 Å². The molecule has 0 amide bonds. The van der Waals surface area contributed by atoms with Gasteiger partial charge >= 0.3 is 0 Å². The third-order valence-corrected chi connectivity index (χ3v) is 4.07. The van der Waals surface area contributed by atoms with Crippen molar-refractivity contribution in [3.05, 3.63) is 56.5 Å². The monoisotopic (exact) mass is 297 g/mol. The van der Waals surface area contributed by atoms with Crippen molar-refractivity contribution in [2.75, 3.05) is 6.54 Å². The first-order valence-corrected chi connectivity index (χ1v) is 7.61. The summed E-state index contributed by atoms with van der Waals surface area (Å²) < 4.78 is 14.0. The van der Waals surface area contributed by atoms with E-state index >= 15 is 0 Å². The first-order valence-electron chi connectivity index (χ1n) is 6.35. The predicted molar refractivity (Wildman–Crippen MR) is 80.6 cm³/mol. The van der Waals surface area contributed by atoms with Crippen molar-refractivity contribution in [3.8, 4) is 0 Å². The summed E-state index contributed by atoms with van der Waals surface area (Å²) in [5, 5.41) is 6.03. The molecule has 0 aliphatic carbocycles. The molecule has 0 fully saturated rings. The Kier molecular flexibility index (Phi) is 4.97. The Morgan fingerprint density at radius 1 is 1.37 bits per heavy atom. The lowest BCUT2D eigenvalue weighted by Crippen LogP contribution is -2.23. The van der Waals surface area contributed by atoms with E-state index in [4.69, 9.17) is 11.6 Å². The summed E-state index contributed by atoms with van der Waals surface area (Å²) in [5.74, 6) is -0.221. The zero-order valence-corrected chi connectivity index (χ0v) is 12.6. The van der Waals surface area contributed by atoms with Crippen LogP contribution in [-0.4, -0.2) is 6.54 Å². The normalized spacial score (nSPS) is 12.6. The first-order chi connectivity index (χ1) is 9.11. The summed E-state index contributed by atoms with van der Waals surface area (Å²) in [6, 6.07) is 6.67. The van der Waals surface area contributed by atoms with Crippen LogP contribution in [0.2, 0.25) is 5.02 Å². The average molecular weight is 298 g/mol. The van der Waals surface area contributed by atoms with Crippen molar-refractivity contribution >= 4 is 22.9 Å². The van der Waals surface area contributed by atoms with Crippen molar-refractivity contribution in [2.24, 2.45) is 0 Å². The Labute approximate surface area is 122 Å². The second kappa shape index (κ2) is 6.51. The van der Waals surface area contributed by atoms with Crippen molar-refractivity contribution in [2.45, 2.75) is 26.3 Å². The number of hydrogen-bond donors (Lipinski definition) is 1. The zero-order valence-electron chi connectivity index (χ0n) is 11.0. The number of hydrogen-bond acceptors (Lipinski definition) is 2. The molecule has 102 valence electrons. The Hall–Kier alpha value is -0.900. The van der Waals surface area contributed by atoms with Crippen LogP contribution >= 0.6 is 22.9 Å². The molecule has 1 N–H and O–H groups in total. The van der Waals surface area contributed by atoms with E-state index in [9.17, 15) is 4.39 Å². The predicted octanol–water partition coefficient (Wildman–Crippen LogP) is 4.94. The van der Waals surface area contributed by atoms with Crippen LogP contribution in [0.25, 0.3) is 0 Å². The van der Waals surface area contributed by atoms with Gasteiger partial charge in [0.25, 0.3) is 0 Å². The lowest BCUT2D eigenvalue weighted by atomic mass is 10.00. The SMILES string of the molecule is CCCNC(c1csc(C)c1)c1cc(Cl)ccc1F. The highest BCUT2D eigenvalue weighted by Gasteiger charge is 2.18. The quantitative estimate of drug-likeness (QED) is 0.824. The molecule has 1 aromatic carbocycles. The van der Waals surface area contributed by atoms with Gasteiger partial charge in [0.2, 0.25) is 0 Å². The summed E-state index contributed by atoms with van der Waals surface area (Å²) in [4.78, 5) is 1.22. The summed E-state index contributed by atoms with van der Waals surface area (Å²) in [6.45, 7) is 4.99. The molecular formula is C15H17ClFNS. The number of benzene rings is 1. The highest BCUT2D eigenvalue weighted by atomic mass is 35.5. The maximum absolute atomic E-state index is 14.0. The number of aryl methyl sites for hydroxylation is 1. The fourth-order valence-corrected chi connectivity index (χ4v) is 2.96. The largest absolute Gasteiger partial charge is 0.306 e. The van der Waals surface area contributed by atoms with E-state index in [2.05, 4.69) is 30.6 Å². The summed E-state index contributed by atoms with van der Waals surface area (Å²) in [5.41, 5.74) is 1.70. The minimum absolute atomic E-state index is 0.136. The lowest BCUT2D eigenvalue weighted by Gasteiger charge is -2.19. The van der Waals surface area contributed by atoms with E-state index in [1.54, 1.807) is 23.5 Å². The van der Waals surface area contributed by atoms with Gasteiger partial charge in [-0.1, -0.05) is 18.5 Å². The van der Waals surface area contributed by atoms with Crippen LogP contribution in [0, 0.1) is 12.7 Å². The molecule has 2 rings (SSSR count). The molecule has 0 saturated carbocycles. The van der Waals surface area contributed by atoms with Gasteiger partial charge < -0.3 is 5.32 Å². The molecule has 0 radical (unpaired) electrons. The minimum Gasteiger partial charge on any atom is -0.306 e. The van der Waals surface area contributed by atoms with Gasteiger partial charge in [-0.25, -0.2) is 4.39 Å². The molecule has 1 heterocycles. The van der Waals surface area contributed by atoms with Gasteiger partial charge in [0.15, 0.2) is 0 Å². The van der Waals surface area contributed by atoms with Gasteiger partial charge in [0, 0.05) is 15.5 Å². The second-order valence-corrected chi connectivity index (χ2v) is 6.10. The van der Waals surface area contributed by atoms with E-state index in [0.29, 0.717) is 10.6 Å². The zero-order chi connectivity index (χ0) is 13.8. The number of thiophene rings is 1. The Bertz CT molecular complexity index is 553. The maximum atomic E-state index is 14.0. The van der Waals surface area contributed by atoms with Gasteiger partial charge in [-0.15, -0.1) is 11.3 Å². The van der Waals surface area contributed by atoms with Gasteiger partial charge in [-0.3, -0.25) is 0 Å². The van der Waals surface area contributed by atoms with Crippen molar-refractivity contribution < 1.29 is 4.39 Å². The standard InChI is InChI=1S/C15H17ClFNS/c1-3-6-18-15(11-7-10(2)19-9-11)13-8-12(16)4-5-14(13)17/h4-5,7-9,15,18H,3,6H2,1-2H3. The topological polar surface area (TPSA) is 12.0 Å². The molecule has 0 bridgehead atoms. The van der Waals surface area contributed by atoms with E-state index in [1.807, 2.05) is 0 Å². The van der Waals surface area contributed by atoms with E-state index < -0.39 is 0 Å². The minimum atomic E-state index is -0.221. The Morgan fingerprint density at radius 2 is 2.16 bits per heavy atom. The van der Waals surface area contributed by atoms with Crippen LogP contribution < -0.4 is 5.32 Å². The van der Waals surface area contributed by atoms with Gasteiger partial charge in [0.1, 0.15) is 5.82 Å². The summed E-state index contributed by atoms with van der Waals surface area (Å²) in [6.07, 6.45) is 1.00. The smallest absolute Gasteiger partial charge is 0.128 e. The van der Waals surface area contributed by atoms with Crippen LogP contribution in [0.4, 0.5) is 4.39 Å². The molecule has 4 heteroatoms. The molecule has 1 atom stereocenters. The van der Waals surface area contributed by atoms with Gasteiger partial charge in [-0.05, 0) is 55.1 Å². The molecule has 0 saturated heterocycles. The van der Waals surface area contributed by atoms with Crippen LogP contribution in [0.5, 0.6) is 0 Å². The molecule has 0 aliphatic heterocycles. The fourth-order valence-electron chi connectivity index (χ4n) is 2.05. The molecule has 19 heavy (non-hydrogen) atoms. The summed E-state index contributed by atoms with van der Waals surface area (Å²) in [7, 11) is 0. The molecule has 0 spiro atoms. The fraction of sp³-hybridized carbons (Fsp3) is 0.333. The van der Waals surface area contributed by atoms with E-state index in [0.717, 1.165) is 18.5 Å². The first kappa shape index (κ1) is 14.5. The third kappa shape index (κ3) is 3.56. The van der Waals surface area contributed by atoms with Crippen LogP contribution in [0.1, 0.15) is 35.4 Å². The van der Waals surface area contributed by atoms with Gasteiger partial charge in [0.05, 0.1) is 6.04 Å². The third-order valence-electron chi connectivity index (χ3n) is 2.95. The Balaban J connectivity index is 2.39. The maximum Gasteiger partial charge on any atom is 0.128 e. The van der Waals surface area contributed by atoms with E-state index in [-0.39, 0.29) is 11.9 Å². The molecular weight excluding hydrogens is 281 g/mol. The van der Waals surface area contributed by atoms with Crippen LogP contribution in [0.3, 0.4) is 0 Å². The summed E-state index contributed by atoms with van der Waals surface area (Å²) >= 11 is 7.67. The second-order valence-electron chi connectivity index (χ2n) is 4.54. The van der Waals surface area contributed by atoms with Crippen molar-refractivity contribution in [1.82, 2.24) is 5.32 Å². The Morgan fingerprint density at radius 3 is 2.79 bits per heavy atom. The number of nitrogens with one attached hydrogen (secondary N) is 1. The molecule has 1 unspecified atom stereocenters. The molecule has 1 aromatic heterocycles. The average Bonchev–Trinajstić information content (AvgIpc) is 2.80. The highest BCUT2D eigenvalue weighted by Crippen LogP contribution is 2.29. The van der Waals surface area contributed by atoms with Crippen LogP contribution in [-0.2, 0) is 0 Å². The van der Waals surface area contributed by atoms with E-state index in [1.165, 1.54) is 10.9 Å². The lowest BCUT2D eigenvalue weighted by molar-refractivity contribution is 0.547. The van der Waals surface area contributed by atoms with Crippen molar-refractivity contribution in [1.29, 1.82) is 0 Å². The molecule has 0 aliphatic rings. The molecule has 2 aromatic rings.